The fraction of sp³-hybridized carbons (Fsp3) is 0.500. The molecule has 0 unspecified atom stereocenters. The second-order valence-corrected chi connectivity index (χ2v) is 5.18. The Morgan fingerprint density at radius 3 is 2.44 bits per heavy atom. The van der Waals surface area contributed by atoms with Gasteiger partial charge in [0.2, 0.25) is 0 Å². The lowest BCUT2D eigenvalue weighted by Crippen LogP contribution is -2.47. The molecule has 18 heavy (non-hydrogen) atoms. The largest absolute Gasteiger partial charge is 0.399 e. The van der Waals surface area contributed by atoms with E-state index in [9.17, 15) is 4.39 Å². The van der Waals surface area contributed by atoms with Crippen LogP contribution in [0.2, 0.25) is 0 Å². The zero-order valence-electron chi connectivity index (χ0n) is 11.1. The SMILES string of the molecule is C[C](C)CN1CCN(c2ccc(N)cc2F)CC1. The molecule has 1 aliphatic rings. The summed E-state index contributed by atoms with van der Waals surface area (Å²) in [5.74, 6) is 1.20. The molecule has 1 fully saturated rings. The van der Waals surface area contributed by atoms with Gasteiger partial charge in [0.25, 0.3) is 0 Å². The van der Waals surface area contributed by atoms with Gasteiger partial charge in [-0.25, -0.2) is 4.39 Å². The molecule has 0 spiro atoms. The topological polar surface area (TPSA) is 32.5 Å². The number of halogens is 1. The van der Waals surface area contributed by atoms with E-state index in [0.717, 1.165) is 32.7 Å². The zero-order chi connectivity index (χ0) is 13.1. The number of rotatable bonds is 3. The van der Waals surface area contributed by atoms with Gasteiger partial charge in [-0.3, -0.25) is 4.90 Å². The van der Waals surface area contributed by atoms with Gasteiger partial charge < -0.3 is 10.6 Å². The van der Waals surface area contributed by atoms with Crippen molar-refractivity contribution >= 4 is 11.4 Å². The summed E-state index contributed by atoms with van der Waals surface area (Å²) in [6.07, 6.45) is 0. The van der Waals surface area contributed by atoms with E-state index < -0.39 is 0 Å². The highest BCUT2D eigenvalue weighted by Gasteiger charge is 2.19. The molecule has 1 aliphatic heterocycles. The van der Waals surface area contributed by atoms with E-state index in [4.69, 9.17) is 5.73 Å². The first-order chi connectivity index (χ1) is 8.56. The highest BCUT2D eigenvalue weighted by Crippen LogP contribution is 2.22. The normalized spacial score (nSPS) is 17.4. The first-order valence-electron chi connectivity index (χ1n) is 6.37. The molecule has 1 radical (unpaired) electrons. The molecular weight excluding hydrogens is 229 g/mol. The van der Waals surface area contributed by atoms with Crippen molar-refractivity contribution in [2.45, 2.75) is 13.8 Å². The van der Waals surface area contributed by atoms with Crippen molar-refractivity contribution in [2.24, 2.45) is 0 Å². The van der Waals surface area contributed by atoms with E-state index in [1.165, 1.54) is 12.0 Å². The van der Waals surface area contributed by atoms with Crippen LogP contribution in [0.3, 0.4) is 0 Å². The standard InChI is InChI=1S/C14H21FN3/c1-11(2)10-17-5-7-18(8-6-17)14-4-3-12(16)9-13(14)15/h3-4,9H,5-8,10,16H2,1-2H3. The minimum absolute atomic E-state index is 0.221. The van der Waals surface area contributed by atoms with Gasteiger partial charge in [0.05, 0.1) is 5.69 Å². The van der Waals surface area contributed by atoms with Crippen LogP contribution >= 0.6 is 0 Å². The van der Waals surface area contributed by atoms with Crippen LogP contribution in [0.25, 0.3) is 0 Å². The number of piperazine rings is 1. The lowest BCUT2D eigenvalue weighted by atomic mass is 10.1. The van der Waals surface area contributed by atoms with Gasteiger partial charge in [-0.05, 0) is 24.1 Å². The van der Waals surface area contributed by atoms with Crippen molar-refractivity contribution in [3.05, 3.63) is 29.9 Å². The molecule has 1 saturated heterocycles. The number of nitrogen functional groups attached to an aromatic ring is 1. The van der Waals surface area contributed by atoms with E-state index >= 15 is 0 Å². The third-order valence-corrected chi connectivity index (χ3v) is 3.22. The molecule has 0 saturated carbocycles. The van der Waals surface area contributed by atoms with E-state index in [1.54, 1.807) is 12.1 Å². The molecule has 0 aliphatic carbocycles. The minimum Gasteiger partial charge on any atom is -0.399 e. The third-order valence-electron chi connectivity index (χ3n) is 3.22. The van der Waals surface area contributed by atoms with Crippen LogP contribution in [0.15, 0.2) is 18.2 Å². The van der Waals surface area contributed by atoms with Crippen LogP contribution in [0, 0.1) is 11.7 Å². The summed E-state index contributed by atoms with van der Waals surface area (Å²) in [4.78, 5) is 4.50. The Balaban J connectivity index is 1.97. The van der Waals surface area contributed by atoms with E-state index in [-0.39, 0.29) is 5.82 Å². The first kappa shape index (κ1) is 13.1. The fourth-order valence-corrected chi connectivity index (χ4v) is 2.37. The van der Waals surface area contributed by atoms with E-state index in [1.807, 2.05) is 0 Å². The van der Waals surface area contributed by atoms with E-state index in [0.29, 0.717) is 11.4 Å². The number of nitrogens with zero attached hydrogens (tertiary/aromatic N) is 2. The second-order valence-electron chi connectivity index (χ2n) is 5.18. The van der Waals surface area contributed by atoms with Gasteiger partial charge in [-0.2, -0.15) is 0 Å². The summed E-state index contributed by atoms with van der Waals surface area (Å²) in [6, 6.07) is 4.93. The maximum Gasteiger partial charge on any atom is 0.148 e. The molecule has 0 atom stereocenters. The van der Waals surface area contributed by atoms with Gasteiger partial charge in [-0.1, -0.05) is 13.8 Å². The number of hydrogen-bond donors (Lipinski definition) is 1. The van der Waals surface area contributed by atoms with Gasteiger partial charge in [0.15, 0.2) is 0 Å². The number of nitrogens with two attached hydrogens (primary N) is 1. The van der Waals surface area contributed by atoms with Gasteiger partial charge in [0.1, 0.15) is 5.82 Å². The van der Waals surface area contributed by atoms with Crippen molar-refractivity contribution in [1.29, 1.82) is 0 Å². The van der Waals surface area contributed by atoms with Crippen LogP contribution in [-0.4, -0.2) is 37.6 Å². The molecule has 1 aromatic rings. The van der Waals surface area contributed by atoms with Gasteiger partial charge >= 0.3 is 0 Å². The Morgan fingerprint density at radius 1 is 1.22 bits per heavy atom. The zero-order valence-corrected chi connectivity index (χ0v) is 11.1. The predicted molar refractivity (Wildman–Crippen MR) is 74.1 cm³/mol. The Kier molecular flexibility index (Phi) is 4.07. The van der Waals surface area contributed by atoms with Crippen LogP contribution in [0.4, 0.5) is 15.8 Å². The highest BCUT2D eigenvalue weighted by atomic mass is 19.1. The molecule has 1 aromatic carbocycles. The number of hydrogen-bond acceptors (Lipinski definition) is 3. The summed E-state index contributed by atoms with van der Waals surface area (Å²) >= 11 is 0. The van der Waals surface area contributed by atoms with Crippen molar-refractivity contribution in [1.82, 2.24) is 4.90 Å². The summed E-state index contributed by atoms with van der Waals surface area (Å²) in [5, 5.41) is 0. The Bertz CT molecular complexity index is 398. The molecule has 0 bridgehead atoms. The van der Waals surface area contributed by atoms with Crippen LogP contribution < -0.4 is 10.6 Å². The Morgan fingerprint density at radius 2 is 1.89 bits per heavy atom. The molecule has 0 amide bonds. The molecule has 4 heteroatoms. The van der Waals surface area contributed by atoms with Crippen molar-refractivity contribution < 1.29 is 4.39 Å². The Hall–Kier alpha value is -1.29. The van der Waals surface area contributed by atoms with Crippen molar-refractivity contribution in [2.75, 3.05) is 43.4 Å². The maximum atomic E-state index is 13.8. The van der Waals surface area contributed by atoms with Crippen molar-refractivity contribution in [3.63, 3.8) is 0 Å². The number of anilines is 2. The molecular formula is C14H21FN3. The number of benzene rings is 1. The average molecular weight is 250 g/mol. The van der Waals surface area contributed by atoms with Crippen LogP contribution in [0.1, 0.15) is 13.8 Å². The smallest absolute Gasteiger partial charge is 0.148 e. The minimum atomic E-state index is -0.221. The third kappa shape index (κ3) is 3.13. The van der Waals surface area contributed by atoms with Gasteiger partial charge in [0, 0.05) is 38.4 Å². The molecule has 99 valence electrons. The summed E-state index contributed by atoms with van der Waals surface area (Å²) < 4.78 is 13.8. The molecule has 0 aromatic heterocycles. The van der Waals surface area contributed by atoms with Crippen LogP contribution in [-0.2, 0) is 0 Å². The van der Waals surface area contributed by atoms with Crippen LogP contribution in [0.5, 0.6) is 0 Å². The fourth-order valence-electron chi connectivity index (χ4n) is 2.37. The Labute approximate surface area is 108 Å². The summed E-state index contributed by atoms with van der Waals surface area (Å²) in [7, 11) is 0. The van der Waals surface area contributed by atoms with Crippen molar-refractivity contribution in [3.8, 4) is 0 Å². The molecule has 2 N–H and O–H groups in total. The molecule has 1 heterocycles. The average Bonchev–Trinajstić information content (AvgIpc) is 2.30. The first-order valence-corrected chi connectivity index (χ1v) is 6.37. The second kappa shape index (κ2) is 5.57. The maximum absolute atomic E-state index is 13.8. The summed E-state index contributed by atoms with van der Waals surface area (Å²) in [6.45, 7) is 9.03. The molecule has 2 rings (SSSR count). The lowest BCUT2D eigenvalue weighted by Gasteiger charge is -2.36. The quantitative estimate of drug-likeness (QED) is 0.834. The lowest BCUT2D eigenvalue weighted by molar-refractivity contribution is 0.267. The molecule has 3 nitrogen and oxygen atoms in total. The summed E-state index contributed by atoms with van der Waals surface area (Å²) in [5.41, 5.74) is 6.71. The monoisotopic (exact) mass is 250 g/mol. The predicted octanol–water partition coefficient (Wildman–Crippen LogP) is 2.14. The van der Waals surface area contributed by atoms with E-state index in [2.05, 4.69) is 23.6 Å². The van der Waals surface area contributed by atoms with Gasteiger partial charge in [-0.15, -0.1) is 0 Å². The highest BCUT2D eigenvalue weighted by molar-refractivity contribution is 5.54.